The zero-order chi connectivity index (χ0) is 10.1. The molecule has 0 saturated heterocycles. The van der Waals surface area contributed by atoms with Crippen molar-refractivity contribution in [3.05, 3.63) is 29.6 Å². The summed E-state index contributed by atoms with van der Waals surface area (Å²) in [7, 11) is 0. The van der Waals surface area contributed by atoms with E-state index in [-0.39, 0.29) is 17.3 Å². The molecule has 2 nitrogen and oxygen atoms in total. The van der Waals surface area contributed by atoms with Gasteiger partial charge >= 0.3 is 0 Å². The highest BCUT2D eigenvalue weighted by Crippen LogP contribution is 2.30. The van der Waals surface area contributed by atoms with Crippen molar-refractivity contribution in [1.29, 1.82) is 0 Å². The summed E-state index contributed by atoms with van der Waals surface area (Å²) in [5.41, 5.74) is -0.0869. The number of Topliss-reactive ketones (excluding diaryl/α,β-unsaturated/α-hetero) is 1. The van der Waals surface area contributed by atoms with E-state index in [9.17, 15) is 13.6 Å². The number of carbonyl (C=O) groups is 1. The molecule has 1 fully saturated rings. The van der Waals surface area contributed by atoms with Crippen molar-refractivity contribution in [3.8, 4) is 0 Å². The zero-order valence-electron chi connectivity index (χ0n) is 7.46. The van der Waals surface area contributed by atoms with Crippen LogP contribution in [-0.2, 0) is 0 Å². The molecule has 0 radical (unpaired) electrons. The molecular formula is C10H9F2NO. The SMILES string of the molecule is O=C(c1ccc(F)nc1F)C1CCC1. The molecule has 0 aromatic carbocycles. The number of ketones is 1. The molecule has 0 atom stereocenters. The van der Waals surface area contributed by atoms with Crippen LogP contribution in [-0.4, -0.2) is 10.8 Å². The zero-order valence-corrected chi connectivity index (χ0v) is 7.46. The largest absolute Gasteiger partial charge is 0.294 e. The number of halogens is 2. The Bertz CT molecular complexity index is 374. The molecule has 0 amide bonds. The van der Waals surface area contributed by atoms with Gasteiger partial charge in [0, 0.05) is 5.92 Å². The Morgan fingerprint density at radius 3 is 2.57 bits per heavy atom. The van der Waals surface area contributed by atoms with Gasteiger partial charge in [0.15, 0.2) is 5.78 Å². The lowest BCUT2D eigenvalue weighted by Crippen LogP contribution is -2.23. The first-order valence-electron chi connectivity index (χ1n) is 4.55. The lowest BCUT2D eigenvalue weighted by atomic mass is 9.80. The van der Waals surface area contributed by atoms with Gasteiger partial charge in [-0.1, -0.05) is 6.42 Å². The van der Waals surface area contributed by atoms with Crippen LogP contribution in [0.2, 0.25) is 0 Å². The summed E-state index contributed by atoms with van der Waals surface area (Å²) >= 11 is 0. The van der Waals surface area contributed by atoms with Crippen LogP contribution in [0.5, 0.6) is 0 Å². The molecule has 1 heterocycles. The van der Waals surface area contributed by atoms with Crippen LogP contribution in [0.25, 0.3) is 0 Å². The molecule has 1 saturated carbocycles. The van der Waals surface area contributed by atoms with Gasteiger partial charge in [0.25, 0.3) is 0 Å². The molecule has 1 aliphatic carbocycles. The number of hydrogen-bond acceptors (Lipinski definition) is 2. The molecule has 0 N–H and O–H groups in total. The monoisotopic (exact) mass is 197 g/mol. The summed E-state index contributed by atoms with van der Waals surface area (Å²) in [5, 5.41) is 0. The maximum absolute atomic E-state index is 13.0. The van der Waals surface area contributed by atoms with E-state index < -0.39 is 11.9 Å². The van der Waals surface area contributed by atoms with Crippen LogP contribution in [0.3, 0.4) is 0 Å². The second-order valence-corrected chi connectivity index (χ2v) is 3.46. The Morgan fingerprint density at radius 1 is 1.36 bits per heavy atom. The number of carbonyl (C=O) groups excluding carboxylic acids is 1. The number of hydrogen-bond donors (Lipinski definition) is 0. The van der Waals surface area contributed by atoms with Crippen molar-refractivity contribution in [1.82, 2.24) is 4.98 Å². The minimum absolute atomic E-state index is 0.0863. The molecule has 0 unspecified atom stereocenters. The highest BCUT2D eigenvalue weighted by molar-refractivity contribution is 5.98. The van der Waals surface area contributed by atoms with Gasteiger partial charge < -0.3 is 0 Å². The fourth-order valence-corrected chi connectivity index (χ4v) is 1.49. The van der Waals surface area contributed by atoms with Crippen LogP contribution < -0.4 is 0 Å². The fraction of sp³-hybridized carbons (Fsp3) is 0.400. The van der Waals surface area contributed by atoms with E-state index in [2.05, 4.69) is 4.98 Å². The summed E-state index contributed by atoms with van der Waals surface area (Å²) in [6.07, 6.45) is 2.61. The Hall–Kier alpha value is -1.32. The molecule has 1 aromatic rings. The van der Waals surface area contributed by atoms with E-state index in [1.807, 2.05) is 0 Å². The van der Waals surface area contributed by atoms with Crippen LogP contribution >= 0.6 is 0 Å². The molecule has 0 spiro atoms. The van der Waals surface area contributed by atoms with Gasteiger partial charge in [-0.2, -0.15) is 13.8 Å². The first kappa shape index (κ1) is 9.24. The molecule has 0 bridgehead atoms. The molecule has 2 rings (SSSR count). The lowest BCUT2D eigenvalue weighted by molar-refractivity contribution is 0.0849. The van der Waals surface area contributed by atoms with Crippen molar-refractivity contribution in [3.63, 3.8) is 0 Å². The minimum atomic E-state index is -0.998. The van der Waals surface area contributed by atoms with Gasteiger partial charge in [-0.25, -0.2) is 0 Å². The molecule has 4 heteroatoms. The van der Waals surface area contributed by atoms with Crippen molar-refractivity contribution in [2.75, 3.05) is 0 Å². The van der Waals surface area contributed by atoms with Gasteiger partial charge in [-0.15, -0.1) is 0 Å². The van der Waals surface area contributed by atoms with E-state index in [0.717, 1.165) is 25.3 Å². The van der Waals surface area contributed by atoms with Crippen molar-refractivity contribution < 1.29 is 13.6 Å². The molecule has 14 heavy (non-hydrogen) atoms. The maximum atomic E-state index is 13.0. The van der Waals surface area contributed by atoms with Crippen LogP contribution in [0.4, 0.5) is 8.78 Å². The topological polar surface area (TPSA) is 30.0 Å². The highest BCUT2D eigenvalue weighted by atomic mass is 19.1. The summed E-state index contributed by atoms with van der Waals surface area (Å²) in [5.74, 6) is -2.23. The van der Waals surface area contributed by atoms with Crippen LogP contribution in [0.15, 0.2) is 12.1 Å². The van der Waals surface area contributed by atoms with Crippen LogP contribution in [0, 0.1) is 17.8 Å². The third-order valence-corrected chi connectivity index (χ3v) is 2.56. The Balaban J connectivity index is 2.26. The summed E-state index contributed by atoms with van der Waals surface area (Å²) in [6.45, 7) is 0. The predicted octanol–water partition coefficient (Wildman–Crippen LogP) is 2.34. The second-order valence-electron chi connectivity index (χ2n) is 3.46. The number of nitrogens with zero attached hydrogens (tertiary/aromatic N) is 1. The molecule has 74 valence electrons. The predicted molar refractivity (Wildman–Crippen MR) is 45.8 cm³/mol. The smallest absolute Gasteiger partial charge is 0.226 e. The molecular weight excluding hydrogens is 188 g/mol. The number of aromatic nitrogens is 1. The van der Waals surface area contributed by atoms with Gasteiger partial charge in [-0.3, -0.25) is 4.79 Å². The second kappa shape index (κ2) is 3.44. The van der Waals surface area contributed by atoms with E-state index >= 15 is 0 Å². The van der Waals surface area contributed by atoms with E-state index in [1.54, 1.807) is 0 Å². The quantitative estimate of drug-likeness (QED) is 0.538. The third kappa shape index (κ3) is 1.52. The van der Waals surface area contributed by atoms with Gasteiger partial charge in [0.05, 0.1) is 5.56 Å². The average molecular weight is 197 g/mol. The minimum Gasteiger partial charge on any atom is -0.294 e. The van der Waals surface area contributed by atoms with Crippen LogP contribution in [0.1, 0.15) is 29.6 Å². The van der Waals surface area contributed by atoms with E-state index in [0.29, 0.717) is 0 Å². The first-order chi connectivity index (χ1) is 6.68. The normalized spacial score (nSPS) is 16.4. The van der Waals surface area contributed by atoms with Crippen molar-refractivity contribution in [2.45, 2.75) is 19.3 Å². The standard InChI is InChI=1S/C10H9F2NO/c11-8-5-4-7(10(12)13-8)9(14)6-2-1-3-6/h4-6H,1-3H2. The van der Waals surface area contributed by atoms with E-state index in [4.69, 9.17) is 0 Å². The number of rotatable bonds is 2. The maximum Gasteiger partial charge on any atom is 0.226 e. The number of pyridine rings is 1. The Morgan fingerprint density at radius 2 is 2.07 bits per heavy atom. The summed E-state index contributed by atoms with van der Waals surface area (Å²) in [4.78, 5) is 14.5. The van der Waals surface area contributed by atoms with Gasteiger partial charge in [0.1, 0.15) is 0 Å². The Labute approximate surface area is 80.0 Å². The van der Waals surface area contributed by atoms with Gasteiger partial charge in [0.2, 0.25) is 11.9 Å². The van der Waals surface area contributed by atoms with Crippen molar-refractivity contribution >= 4 is 5.78 Å². The van der Waals surface area contributed by atoms with Crippen molar-refractivity contribution in [2.24, 2.45) is 5.92 Å². The average Bonchev–Trinajstić information content (AvgIpc) is 2.00. The summed E-state index contributed by atoms with van der Waals surface area (Å²) in [6, 6.07) is 2.17. The van der Waals surface area contributed by atoms with Gasteiger partial charge in [-0.05, 0) is 25.0 Å². The molecule has 0 aliphatic heterocycles. The first-order valence-corrected chi connectivity index (χ1v) is 4.55. The fourth-order valence-electron chi connectivity index (χ4n) is 1.49. The lowest BCUT2D eigenvalue weighted by Gasteiger charge is -2.23. The van der Waals surface area contributed by atoms with E-state index in [1.165, 1.54) is 6.07 Å². The highest BCUT2D eigenvalue weighted by Gasteiger charge is 2.28. The third-order valence-electron chi connectivity index (χ3n) is 2.56. The molecule has 1 aromatic heterocycles. The molecule has 1 aliphatic rings. The Kier molecular flexibility index (Phi) is 2.27. The summed E-state index contributed by atoms with van der Waals surface area (Å²) < 4.78 is 25.5.